The van der Waals surface area contributed by atoms with Crippen LogP contribution in [0.5, 0.6) is 0 Å². The number of anilines is 2. The molecule has 0 saturated heterocycles. The number of nitrogens with one attached hydrogen (secondary N) is 2. The molecule has 0 bridgehead atoms. The first kappa shape index (κ1) is 18.2. The number of aromatic nitrogens is 2. The van der Waals surface area contributed by atoms with Crippen LogP contribution < -0.4 is 10.0 Å². The van der Waals surface area contributed by atoms with Gasteiger partial charge in [0.25, 0.3) is 0 Å². The summed E-state index contributed by atoms with van der Waals surface area (Å²) in [5.41, 5.74) is 1.13. The summed E-state index contributed by atoms with van der Waals surface area (Å²) < 4.78 is 26.7. The van der Waals surface area contributed by atoms with Gasteiger partial charge in [0, 0.05) is 6.04 Å². The van der Waals surface area contributed by atoms with Gasteiger partial charge in [0.1, 0.15) is 5.82 Å². The molecule has 24 heavy (non-hydrogen) atoms. The molecule has 1 atom stereocenters. The van der Waals surface area contributed by atoms with Crippen molar-refractivity contribution >= 4 is 21.7 Å². The standard InChI is InChI=1S/C17H24N4O2S/c1-3-14(2)18-16-11-12-17(20-19-16)21-24(22,23)13-7-10-15-8-5-4-6-9-15/h4-6,8-9,11-12,14H,3,7,10,13H2,1-2H3,(H,18,19)(H,20,21). The Labute approximate surface area is 143 Å². The van der Waals surface area contributed by atoms with Crippen molar-refractivity contribution in [3.8, 4) is 0 Å². The Hall–Kier alpha value is -2.15. The monoisotopic (exact) mass is 348 g/mol. The lowest BCUT2D eigenvalue weighted by Gasteiger charge is -2.12. The van der Waals surface area contributed by atoms with E-state index in [0.717, 1.165) is 18.4 Å². The second-order valence-electron chi connectivity index (χ2n) is 5.77. The van der Waals surface area contributed by atoms with Crippen LogP contribution in [-0.2, 0) is 16.4 Å². The smallest absolute Gasteiger partial charge is 0.233 e. The third kappa shape index (κ3) is 6.16. The molecule has 2 aromatic rings. The number of benzene rings is 1. The predicted molar refractivity (Wildman–Crippen MR) is 97.6 cm³/mol. The quantitative estimate of drug-likeness (QED) is 0.727. The summed E-state index contributed by atoms with van der Waals surface area (Å²) >= 11 is 0. The molecule has 130 valence electrons. The van der Waals surface area contributed by atoms with Crippen LogP contribution in [0.4, 0.5) is 11.6 Å². The molecule has 0 spiro atoms. The highest BCUT2D eigenvalue weighted by molar-refractivity contribution is 7.92. The topological polar surface area (TPSA) is 84.0 Å². The summed E-state index contributed by atoms with van der Waals surface area (Å²) in [6, 6.07) is 13.5. The van der Waals surface area contributed by atoms with Crippen LogP contribution in [0.3, 0.4) is 0 Å². The van der Waals surface area contributed by atoms with Crippen molar-refractivity contribution in [1.29, 1.82) is 0 Å². The van der Waals surface area contributed by atoms with Crippen molar-refractivity contribution in [3.05, 3.63) is 48.0 Å². The van der Waals surface area contributed by atoms with Gasteiger partial charge in [0.15, 0.2) is 5.82 Å². The van der Waals surface area contributed by atoms with Gasteiger partial charge >= 0.3 is 0 Å². The van der Waals surface area contributed by atoms with Crippen molar-refractivity contribution in [1.82, 2.24) is 10.2 Å². The van der Waals surface area contributed by atoms with E-state index in [4.69, 9.17) is 0 Å². The van der Waals surface area contributed by atoms with E-state index >= 15 is 0 Å². The summed E-state index contributed by atoms with van der Waals surface area (Å²) in [6.07, 6.45) is 2.25. The molecule has 2 N–H and O–H groups in total. The van der Waals surface area contributed by atoms with Crippen molar-refractivity contribution in [2.24, 2.45) is 0 Å². The maximum atomic E-state index is 12.1. The molecule has 2 rings (SSSR count). The second kappa shape index (κ2) is 8.63. The van der Waals surface area contributed by atoms with E-state index in [1.807, 2.05) is 37.3 Å². The van der Waals surface area contributed by atoms with Crippen molar-refractivity contribution < 1.29 is 8.42 Å². The predicted octanol–water partition coefficient (Wildman–Crippen LogP) is 3.06. The molecule has 1 aromatic heterocycles. The van der Waals surface area contributed by atoms with E-state index in [2.05, 4.69) is 27.2 Å². The first-order chi connectivity index (χ1) is 11.5. The Kier molecular flexibility index (Phi) is 6.54. The maximum Gasteiger partial charge on any atom is 0.233 e. The van der Waals surface area contributed by atoms with E-state index in [1.165, 1.54) is 0 Å². The first-order valence-electron chi connectivity index (χ1n) is 8.13. The SMILES string of the molecule is CCC(C)Nc1ccc(NS(=O)(=O)CCCc2ccccc2)nn1. The highest BCUT2D eigenvalue weighted by atomic mass is 32.2. The van der Waals surface area contributed by atoms with Crippen LogP contribution in [0.15, 0.2) is 42.5 Å². The van der Waals surface area contributed by atoms with Crippen molar-refractivity contribution in [3.63, 3.8) is 0 Å². The number of rotatable bonds is 9. The number of nitrogens with zero attached hydrogens (tertiary/aromatic N) is 2. The summed E-state index contributed by atoms with van der Waals surface area (Å²) in [5, 5.41) is 11.1. The molecule has 6 nitrogen and oxygen atoms in total. The normalized spacial score (nSPS) is 12.6. The molecule has 0 aliphatic rings. The fourth-order valence-corrected chi connectivity index (χ4v) is 3.19. The molecule has 0 radical (unpaired) electrons. The molecule has 1 unspecified atom stereocenters. The van der Waals surface area contributed by atoms with E-state index in [9.17, 15) is 8.42 Å². The molecule has 1 heterocycles. The van der Waals surface area contributed by atoms with Crippen molar-refractivity contribution in [2.75, 3.05) is 15.8 Å². The Morgan fingerprint density at radius 1 is 1.04 bits per heavy atom. The lowest BCUT2D eigenvalue weighted by molar-refractivity contribution is 0.598. The Morgan fingerprint density at radius 2 is 1.71 bits per heavy atom. The fraction of sp³-hybridized carbons (Fsp3) is 0.412. The molecule has 0 saturated carbocycles. The van der Waals surface area contributed by atoms with Gasteiger partial charge in [-0.1, -0.05) is 37.3 Å². The van der Waals surface area contributed by atoms with Crippen molar-refractivity contribution in [2.45, 2.75) is 39.2 Å². The number of sulfonamides is 1. The first-order valence-corrected chi connectivity index (χ1v) is 9.78. The summed E-state index contributed by atoms with van der Waals surface area (Å²) in [5.74, 6) is 0.928. The molecular formula is C17H24N4O2S. The molecule has 0 aliphatic heterocycles. The van der Waals surface area contributed by atoms with Gasteiger partial charge in [0.2, 0.25) is 10.0 Å². The Balaban J connectivity index is 1.84. The Morgan fingerprint density at radius 3 is 2.33 bits per heavy atom. The molecule has 1 aromatic carbocycles. The number of hydrogen-bond acceptors (Lipinski definition) is 5. The number of aryl methyl sites for hydroxylation is 1. The third-order valence-electron chi connectivity index (χ3n) is 3.65. The lowest BCUT2D eigenvalue weighted by atomic mass is 10.1. The van der Waals surface area contributed by atoms with E-state index in [-0.39, 0.29) is 11.6 Å². The lowest BCUT2D eigenvalue weighted by Crippen LogP contribution is -2.19. The maximum absolute atomic E-state index is 12.1. The fourth-order valence-electron chi connectivity index (χ4n) is 2.14. The van der Waals surface area contributed by atoms with Gasteiger partial charge < -0.3 is 5.32 Å². The van der Waals surface area contributed by atoms with Gasteiger partial charge in [-0.3, -0.25) is 4.72 Å². The van der Waals surface area contributed by atoms with Crippen LogP contribution in [0, 0.1) is 0 Å². The molecule has 0 amide bonds. The second-order valence-corrected chi connectivity index (χ2v) is 7.61. The molecular weight excluding hydrogens is 324 g/mol. The van der Waals surface area contributed by atoms with Gasteiger partial charge in [-0.15, -0.1) is 10.2 Å². The van der Waals surface area contributed by atoms with E-state index < -0.39 is 10.0 Å². The number of hydrogen-bond donors (Lipinski definition) is 2. The third-order valence-corrected chi connectivity index (χ3v) is 5.00. The zero-order valence-corrected chi connectivity index (χ0v) is 14.9. The molecule has 0 fully saturated rings. The average molecular weight is 348 g/mol. The largest absolute Gasteiger partial charge is 0.366 e. The zero-order valence-electron chi connectivity index (χ0n) is 14.1. The van der Waals surface area contributed by atoms with E-state index in [0.29, 0.717) is 18.3 Å². The van der Waals surface area contributed by atoms with Crippen LogP contribution in [0.2, 0.25) is 0 Å². The average Bonchev–Trinajstić information content (AvgIpc) is 2.57. The summed E-state index contributed by atoms with van der Waals surface area (Å²) in [7, 11) is -3.42. The van der Waals surface area contributed by atoms with Gasteiger partial charge in [0.05, 0.1) is 5.75 Å². The van der Waals surface area contributed by atoms with Gasteiger partial charge in [-0.05, 0) is 43.9 Å². The highest BCUT2D eigenvalue weighted by Gasteiger charge is 2.11. The van der Waals surface area contributed by atoms with Crippen LogP contribution in [-0.4, -0.2) is 30.4 Å². The molecule has 7 heteroatoms. The van der Waals surface area contributed by atoms with Gasteiger partial charge in [-0.2, -0.15) is 0 Å². The Bertz CT molecular complexity index is 718. The van der Waals surface area contributed by atoms with E-state index in [1.54, 1.807) is 12.1 Å². The highest BCUT2D eigenvalue weighted by Crippen LogP contribution is 2.11. The van der Waals surface area contributed by atoms with Crippen LogP contribution in [0.25, 0.3) is 0 Å². The van der Waals surface area contributed by atoms with Crippen LogP contribution in [0.1, 0.15) is 32.3 Å². The minimum atomic E-state index is -3.42. The summed E-state index contributed by atoms with van der Waals surface area (Å²) in [6.45, 7) is 4.12. The van der Waals surface area contributed by atoms with Crippen LogP contribution >= 0.6 is 0 Å². The minimum absolute atomic E-state index is 0.0520. The summed E-state index contributed by atoms with van der Waals surface area (Å²) in [4.78, 5) is 0. The molecule has 0 aliphatic carbocycles. The minimum Gasteiger partial charge on any atom is -0.366 e. The van der Waals surface area contributed by atoms with Gasteiger partial charge in [-0.25, -0.2) is 8.42 Å². The zero-order chi connectivity index (χ0) is 17.4.